The van der Waals surface area contributed by atoms with Crippen LogP contribution in [0.1, 0.15) is 20.8 Å². The van der Waals surface area contributed by atoms with Crippen molar-refractivity contribution in [3.05, 3.63) is 66.2 Å². The topological polar surface area (TPSA) is 115 Å². The number of halogens is 1. The Morgan fingerprint density at radius 3 is 2.65 bits per heavy atom. The largest absolute Gasteiger partial charge is 0.373 e. The van der Waals surface area contributed by atoms with Crippen LogP contribution in [0.4, 0.5) is 10.1 Å². The number of aliphatic hydroxyl groups excluding tert-OH is 1. The molecule has 0 radical (unpaired) electrons. The molecule has 5 aromatic heterocycles. The summed E-state index contributed by atoms with van der Waals surface area (Å²) in [7, 11) is 0. The van der Waals surface area contributed by atoms with E-state index in [9.17, 15) is 9.50 Å². The quantitative estimate of drug-likeness (QED) is 0.204. The summed E-state index contributed by atoms with van der Waals surface area (Å²) in [6.07, 6.45) is 4.45. The van der Waals surface area contributed by atoms with Gasteiger partial charge in [-0.1, -0.05) is 26.8 Å². The highest BCUT2D eigenvalue weighted by Crippen LogP contribution is 2.34. The summed E-state index contributed by atoms with van der Waals surface area (Å²) in [6.45, 7) is 5.89. The minimum absolute atomic E-state index is 0.267. The van der Waals surface area contributed by atoms with Crippen molar-refractivity contribution in [3.8, 4) is 33.2 Å². The maximum atomic E-state index is 13.7. The van der Waals surface area contributed by atoms with Crippen LogP contribution in [0.2, 0.25) is 0 Å². The van der Waals surface area contributed by atoms with E-state index in [0.29, 0.717) is 27.6 Å². The summed E-state index contributed by atoms with van der Waals surface area (Å²) in [4.78, 5) is 17.7. The summed E-state index contributed by atoms with van der Waals surface area (Å²) in [5.74, 6) is 0.589. The molecule has 6 rings (SSSR count). The second-order valence-electron chi connectivity index (χ2n) is 9.95. The summed E-state index contributed by atoms with van der Waals surface area (Å²) in [5.41, 5.74) is 5.87. The van der Waals surface area contributed by atoms with Crippen LogP contribution >= 0.6 is 11.3 Å². The normalized spacial score (nSPS) is 12.9. The molecule has 1 unspecified atom stereocenters. The first kappa shape index (κ1) is 23.3. The Balaban J connectivity index is 1.39. The number of hydrogen-bond donors (Lipinski definition) is 4. The predicted octanol–water partition coefficient (Wildman–Crippen LogP) is 6.21. The third kappa shape index (κ3) is 4.34. The van der Waals surface area contributed by atoms with Gasteiger partial charge >= 0.3 is 0 Å². The van der Waals surface area contributed by atoms with Crippen molar-refractivity contribution in [3.63, 3.8) is 0 Å². The fourth-order valence-electron chi connectivity index (χ4n) is 4.09. The van der Waals surface area contributed by atoms with Crippen molar-refractivity contribution in [2.24, 2.45) is 5.41 Å². The molecule has 0 aliphatic rings. The van der Waals surface area contributed by atoms with Gasteiger partial charge in [-0.25, -0.2) is 4.98 Å². The van der Waals surface area contributed by atoms with Gasteiger partial charge in [0, 0.05) is 28.8 Å². The third-order valence-electron chi connectivity index (χ3n) is 6.19. The standard InChI is InChI=1S/C27H24FN7OS/c1-27(2,3)26(36)31-16-10-15(12-29-13-16)14-4-5-18-17(11-14)22(35-34-18)25-32-19-8-9-30-24(23(19)33-25)20-6-7-21(28)37-20/h4-13,26,31,36H,1-3H3,(H,32,33)(H,34,35). The number of nitrogens with one attached hydrogen (secondary N) is 3. The molecule has 0 aliphatic carbocycles. The Morgan fingerprint density at radius 1 is 1.00 bits per heavy atom. The van der Waals surface area contributed by atoms with Crippen LogP contribution in [0.3, 0.4) is 0 Å². The molecule has 0 bridgehead atoms. The molecule has 0 spiro atoms. The highest BCUT2D eigenvalue weighted by Gasteiger charge is 2.22. The monoisotopic (exact) mass is 513 g/mol. The maximum absolute atomic E-state index is 13.7. The van der Waals surface area contributed by atoms with Crippen LogP contribution in [0.15, 0.2) is 61.1 Å². The number of rotatable bonds is 5. The number of fused-ring (bicyclic) bond motifs is 2. The third-order valence-corrected chi connectivity index (χ3v) is 7.07. The molecular weight excluding hydrogens is 489 g/mol. The number of anilines is 1. The van der Waals surface area contributed by atoms with Crippen molar-refractivity contribution in [2.45, 2.75) is 27.0 Å². The minimum atomic E-state index is -0.717. The lowest BCUT2D eigenvalue weighted by Crippen LogP contribution is -2.33. The molecule has 8 nitrogen and oxygen atoms in total. The lowest BCUT2D eigenvalue weighted by atomic mass is 9.94. The van der Waals surface area contributed by atoms with Crippen LogP contribution in [-0.4, -0.2) is 41.5 Å². The molecule has 0 saturated heterocycles. The van der Waals surface area contributed by atoms with E-state index in [2.05, 4.69) is 30.5 Å². The number of pyridine rings is 2. The number of benzene rings is 1. The predicted molar refractivity (Wildman–Crippen MR) is 145 cm³/mol. The number of hydrogen-bond acceptors (Lipinski definition) is 7. The lowest BCUT2D eigenvalue weighted by molar-refractivity contribution is 0.0880. The lowest BCUT2D eigenvalue weighted by Gasteiger charge is -2.27. The summed E-state index contributed by atoms with van der Waals surface area (Å²) < 4.78 is 13.7. The second kappa shape index (κ2) is 8.75. The van der Waals surface area contributed by atoms with Crippen LogP contribution in [-0.2, 0) is 0 Å². The fourth-order valence-corrected chi connectivity index (χ4v) is 4.82. The highest BCUT2D eigenvalue weighted by atomic mass is 32.1. The van der Waals surface area contributed by atoms with Crippen molar-refractivity contribution in [2.75, 3.05) is 5.32 Å². The smallest absolute Gasteiger partial charge is 0.177 e. The second-order valence-corrected chi connectivity index (χ2v) is 11.0. The van der Waals surface area contributed by atoms with Gasteiger partial charge < -0.3 is 15.4 Å². The van der Waals surface area contributed by atoms with Crippen molar-refractivity contribution in [1.82, 2.24) is 30.1 Å². The number of nitrogens with zero attached hydrogens (tertiary/aromatic N) is 4. The average Bonchev–Trinajstić information content (AvgIpc) is 3.60. The van der Waals surface area contributed by atoms with Crippen LogP contribution in [0.5, 0.6) is 0 Å². The van der Waals surface area contributed by atoms with Crippen molar-refractivity contribution in [1.29, 1.82) is 0 Å². The number of aromatic amines is 2. The van der Waals surface area contributed by atoms with Gasteiger partial charge in [-0.3, -0.25) is 15.1 Å². The molecule has 5 heterocycles. The van der Waals surface area contributed by atoms with E-state index < -0.39 is 6.23 Å². The van der Waals surface area contributed by atoms with Gasteiger partial charge in [0.1, 0.15) is 23.1 Å². The van der Waals surface area contributed by atoms with Crippen LogP contribution in [0, 0.1) is 10.5 Å². The SMILES string of the molecule is CC(C)(C)C(O)Nc1cncc(-c2ccc3[nH]nc(-c4nc5c(-c6ccc(F)s6)nccc5[nH]4)c3c2)c1. The Kier molecular flexibility index (Phi) is 5.50. The van der Waals surface area contributed by atoms with Crippen LogP contribution < -0.4 is 5.32 Å². The van der Waals surface area contributed by atoms with E-state index in [1.54, 1.807) is 24.7 Å². The molecule has 186 valence electrons. The Hall–Kier alpha value is -4.15. The van der Waals surface area contributed by atoms with Gasteiger partial charge in [0.2, 0.25) is 0 Å². The average molecular weight is 514 g/mol. The molecule has 10 heteroatoms. The van der Waals surface area contributed by atoms with Crippen molar-refractivity contribution < 1.29 is 9.50 Å². The number of H-pyrrole nitrogens is 2. The van der Waals surface area contributed by atoms with E-state index >= 15 is 0 Å². The molecule has 4 N–H and O–H groups in total. The van der Waals surface area contributed by atoms with E-state index in [0.717, 1.165) is 44.6 Å². The molecule has 0 saturated carbocycles. The summed E-state index contributed by atoms with van der Waals surface area (Å²) in [5, 5.41) is 21.8. The zero-order valence-corrected chi connectivity index (χ0v) is 21.2. The first-order chi connectivity index (χ1) is 17.8. The zero-order valence-electron chi connectivity index (χ0n) is 20.4. The number of aliphatic hydroxyl groups is 1. The summed E-state index contributed by atoms with van der Waals surface area (Å²) in [6, 6.07) is 12.9. The number of imidazole rings is 1. The Bertz CT molecular complexity index is 1750. The Morgan fingerprint density at radius 2 is 1.86 bits per heavy atom. The number of thiophene rings is 1. The minimum Gasteiger partial charge on any atom is -0.373 e. The van der Waals surface area contributed by atoms with Gasteiger partial charge in [0.05, 0.1) is 27.8 Å². The maximum Gasteiger partial charge on any atom is 0.177 e. The zero-order chi connectivity index (χ0) is 25.7. The summed E-state index contributed by atoms with van der Waals surface area (Å²) >= 11 is 1.04. The molecular formula is C27H24FN7OS. The van der Waals surface area contributed by atoms with E-state index in [1.165, 1.54) is 6.07 Å². The van der Waals surface area contributed by atoms with E-state index in [-0.39, 0.29) is 10.5 Å². The van der Waals surface area contributed by atoms with Gasteiger partial charge in [-0.2, -0.15) is 9.49 Å². The fraction of sp³-hybridized carbons (Fsp3) is 0.185. The molecule has 0 aliphatic heterocycles. The van der Waals surface area contributed by atoms with E-state index in [1.807, 2.05) is 51.1 Å². The van der Waals surface area contributed by atoms with Crippen molar-refractivity contribution >= 4 is 39.0 Å². The molecule has 1 aromatic carbocycles. The molecule has 6 aromatic rings. The molecule has 1 atom stereocenters. The Labute approximate surface area is 215 Å². The van der Waals surface area contributed by atoms with E-state index in [4.69, 9.17) is 4.98 Å². The first-order valence-corrected chi connectivity index (χ1v) is 12.6. The molecule has 37 heavy (non-hydrogen) atoms. The van der Waals surface area contributed by atoms with Gasteiger partial charge in [0.25, 0.3) is 0 Å². The first-order valence-electron chi connectivity index (χ1n) is 11.8. The molecule has 0 fully saturated rings. The molecule has 0 amide bonds. The van der Waals surface area contributed by atoms with Crippen LogP contribution in [0.25, 0.3) is 55.2 Å². The number of aromatic nitrogens is 6. The van der Waals surface area contributed by atoms with Gasteiger partial charge in [0.15, 0.2) is 11.0 Å². The van der Waals surface area contributed by atoms with Gasteiger partial charge in [-0.15, -0.1) is 11.3 Å². The highest BCUT2D eigenvalue weighted by molar-refractivity contribution is 7.13. The van der Waals surface area contributed by atoms with Gasteiger partial charge in [-0.05, 0) is 42.0 Å².